The molecule has 2 heterocycles. The molecule has 0 bridgehead atoms. The monoisotopic (exact) mass is 490 g/mol. The maximum absolute atomic E-state index is 12.5. The third-order valence-electron chi connectivity index (χ3n) is 5.20. The van der Waals surface area contributed by atoms with Crippen molar-refractivity contribution in [2.75, 3.05) is 29.6 Å². The summed E-state index contributed by atoms with van der Waals surface area (Å²) in [6, 6.07) is 14.0. The quantitative estimate of drug-likeness (QED) is 0.258. The van der Waals surface area contributed by atoms with E-state index in [-0.39, 0.29) is 11.9 Å². The summed E-state index contributed by atoms with van der Waals surface area (Å²) in [4.78, 5) is 35.0. The number of hydrogen-bond acceptors (Lipinski definition) is 7. The number of nitrogens with one attached hydrogen (secondary N) is 4. The zero-order valence-electron chi connectivity index (χ0n) is 19.6. The molecule has 0 saturated carbocycles. The Kier molecular flexibility index (Phi) is 7.41. The maximum atomic E-state index is 12.5. The van der Waals surface area contributed by atoms with Crippen molar-refractivity contribution < 1.29 is 14.3 Å². The second-order valence-electron chi connectivity index (χ2n) is 7.73. The van der Waals surface area contributed by atoms with Crippen LogP contribution >= 0.6 is 11.3 Å². The number of urea groups is 1. The van der Waals surface area contributed by atoms with Gasteiger partial charge in [0.15, 0.2) is 0 Å². The molecule has 9 nitrogen and oxygen atoms in total. The van der Waals surface area contributed by atoms with Crippen LogP contribution in [0.5, 0.6) is 5.75 Å². The second kappa shape index (κ2) is 10.8. The lowest BCUT2D eigenvalue weighted by Crippen LogP contribution is -2.23. The Labute approximate surface area is 206 Å². The highest BCUT2D eigenvalue weighted by Crippen LogP contribution is 2.34. The van der Waals surface area contributed by atoms with Gasteiger partial charge in [0.25, 0.3) is 5.91 Å². The number of aryl methyl sites for hydroxylation is 1. The molecule has 2 aromatic carbocycles. The minimum atomic E-state index is -0.362. The number of methoxy groups -OCH3 is 1. The number of nitrogens with zero attached hydrogens (tertiary/aromatic N) is 2. The number of fused-ring (bicyclic) bond motifs is 1. The van der Waals surface area contributed by atoms with Crippen LogP contribution in [0.2, 0.25) is 0 Å². The fourth-order valence-electron chi connectivity index (χ4n) is 3.47. The van der Waals surface area contributed by atoms with Gasteiger partial charge in [-0.05, 0) is 55.3 Å². The van der Waals surface area contributed by atoms with Crippen LogP contribution in [0.3, 0.4) is 0 Å². The Balaban J connectivity index is 1.45. The summed E-state index contributed by atoms with van der Waals surface area (Å²) < 4.78 is 5.17. The maximum Gasteiger partial charge on any atom is 0.323 e. The summed E-state index contributed by atoms with van der Waals surface area (Å²) in [5, 5.41) is 12.6. The number of amides is 3. The highest BCUT2D eigenvalue weighted by Gasteiger charge is 2.19. The van der Waals surface area contributed by atoms with Crippen molar-refractivity contribution in [2.45, 2.75) is 20.3 Å². The molecule has 3 amide bonds. The first-order chi connectivity index (χ1) is 17.0. The number of carbonyl (C=O) groups excluding carboxylic acids is 2. The Morgan fingerprint density at radius 3 is 2.49 bits per heavy atom. The summed E-state index contributed by atoms with van der Waals surface area (Å²) in [5.74, 6) is 1.18. The zero-order valence-corrected chi connectivity index (χ0v) is 20.5. The van der Waals surface area contributed by atoms with Gasteiger partial charge < -0.3 is 26.0 Å². The number of benzene rings is 2. The number of rotatable bonds is 8. The molecule has 0 radical (unpaired) electrons. The molecular weight excluding hydrogens is 464 g/mol. The molecule has 2 aromatic heterocycles. The van der Waals surface area contributed by atoms with E-state index in [0.717, 1.165) is 27.9 Å². The highest BCUT2D eigenvalue weighted by atomic mass is 32.1. The molecular formula is C25H26N6O3S. The van der Waals surface area contributed by atoms with E-state index in [1.54, 1.807) is 43.5 Å². The van der Waals surface area contributed by atoms with E-state index >= 15 is 0 Å². The van der Waals surface area contributed by atoms with E-state index in [9.17, 15) is 9.59 Å². The molecule has 0 saturated heterocycles. The number of thiophene rings is 1. The minimum Gasteiger partial charge on any atom is -0.497 e. The lowest BCUT2D eigenvalue weighted by Gasteiger charge is -2.11. The van der Waals surface area contributed by atoms with Gasteiger partial charge in [-0.2, -0.15) is 0 Å². The third-order valence-corrected chi connectivity index (χ3v) is 6.40. The predicted molar refractivity (Wildman–Crippen MR) is 140 cm³/mol. The SMILES string of the molecule is CCCNC(=O)c1sc2ncnc(Nc3ccc(NC(=O)Nc4cccc(OC)c4)cc3)c2c1C. The summed E-state index contributed by atoms with van der Waals surface area (Å²) >= 11 is 1.35. The number of carbonyl (C=O) groups is 2. The molecule has 0 aliphatic heterocycles. The smallest absolute Gasteiger partial charge is 0.323 e. The fourth-order valence-corrected chi connectivity index (χ4v) is 4.53. The van der Waals surface area contributed by atoms with E-state index in [1.165, 1.54) is 17.7 Å². The van der Waals surface area contributed by atoms with Crippen LogP contribution in [0, 0.1) is 6.92 Å². The van der Waals surface area contributed by atoms with Gasteiger partial charge in [-0.25, -0.2) is 14.8 Å². The topological polar surface area (TPSA) is 117 Å². The molecule has 4 aromatic rings. The van der Waals surface area contributed by atoms with E-state index in [0.29, 0.717) is 34.4 Å². The lowest BCUT2D eigenvalue weighted by molar-refractivity contribution is 0.0957. The van der Waals surface area contributed by atoms with Crippen LogP contribution < -0.4 is 26.0 Å². The van der Waals surface area contributed by atoms with Crippen LogP contribution in [0.1, 0.15) is 28.6 Å². The van der Waals surface area contributed by atoms with Gasteiger partial charge in [-0.15, -0.1) is 11.3 Å². The van der Waals surface area contributed by atoms with E-state index in [1.807, 2.05) is 26.0 Å². The van der Waals surface area contributed by atoms with Crippen LogP contribution in [-0.2, 0) is 0 Å². The van der Waals surface area contributed by atoms with Gasteiger partial charge in [0, 0.05) is 29.7 Å². The zero-order chi connectivity index (χ0) is 24.8. The minimum absolute atomic E-state index is 0.0963. The highest BCUT2D eigenvalue weighted by molar-refractivity contribution is 7.20. The first-order valence-corrected chi connectivity index (χ1v) is 11.9. The average molecular weight is 491 g/mol. The normalized spacial score (nSPS) is 10.6. The molecule has 0 atom stereocenters. The van der Waals surface area contributed by atoms with Crippen LogP contribution in [-0.4, -0.2) is 35.6 Å². The lowest BCUT2D eigenvalue weighted by atomic mass is 10.2. The number of hydrogen-bond donors (Lipinski definition) is 4. The molecule has 0 spiro atoms. The average Bonchev–Trinajstić information content (AvgIpc) is 3.21. The molecule has 4 rings (SSSR count). The summed E-state index contributed by atoms with van der Waals surface area (Å²) in [5.41, 5.74) is 2.88. The van der Waals surface area contributed by atoms with Crippen molar-refractivity contribution in [3.8, 4) is 5.75 Å². The standard InChI is InChI=1S/C25H26N6O3S/c1-4-12-26-23(32)21-15(2)20-22(27-14-28-24(20)35-21)29-16-8-10-17(11-9-16)30-25(33)31-18-6-5-7-19(13-18)34-3/h5-11,13-14H,4,12H2,1-3H3,(H,26,32)(H,27,28,29)(H2,30,31,33). The van der Waals surface area contributed by atoms with Gasteiger partial charge in [-0.3, -0.25) is 4.79 Å². The second-order valence-corrected chi connectivity index (χ2v) is 8.73. The molecule has 0 unspecified atom stereocenters. The van der Waals surface area contributed by atoms with E-state index in [4.69, 9.17) is 4.74 Å². The van der Waals surface area contributed by atoms with Crippen LogP contribution in [0.15, 0.2) is 54.9 Å². The van der Waals surface area contributed by atoms with Crippen molar-refractivity contribution in [1.29, 1.82) is 0 Å². The van der Waals surface area contributed by atoms with E-state index < -0.39 is 0 Å². The van der Waals surface area contributed by atoms with Gasteiger partial charge in [0.2, 0.25) is 0 Å². The first kappa shape index (κ1) is 24.0. The van der Waals surface area contributed by atoms with Gasteiger partial charge in [-0.1, -0.05) is 13.0 Å². The van der Waals surface area contributed by atoms with Gasteiger partial charge >= 0.3 is 6.03 Å². The van der Waals surface area contributed by atoms with Crippen molar-refractivity contribution >= 4 is 56.4 Å². The van der Waals surface area contributed by atoms with Crippen molar-refractivity contribution in [1.82, 2.24) is 15.3 Å². The Morgan fingerprint density at radius 1 is 1.00 bits per heavy atom. The largest absolute Gasteiger partial charge is 0.497 e. The molecule has 4 N–H and O–H groups in total. The molecule has 10 heteroatoms. The number of ether oxygens (including phenoxy) is 1. The summed E-state index contributed by atoms with van der Waals surface area (Å²) in [7, 11) is 1.57. The van der Waals surface area contributed by atoms with Crippen molar-refractivity contribution in [3.63, 3.8) is 0 Å². The summed E-state index contributed by atoms with van der Waals surface area (Å²) in [6.45, 7) is 4.54. The molecule has 0 aliphatic rings. The Hall–Kier alpha value is -4.18. The van der Waals surface area contributed by atoms with Crippen LogP contribution in [0.4, 0.5) is 27.7 Å². The molecule has 0 fully saturated rings. The van der Waals surface area contributed by atoms with Crippen LogP contribution in [0.25, 0.3) is 10.2 Å². The Bertz CT molecular complexity index is 1350. The fraction of sp³-hybridized carbons (Fsp3) is 0.200. The van der Waals surface area contributed by atoms with Crippen molar-refractivity contribution in [3.05, 3.63) is 65.3 Å². The van der Waals surface area contributed by atoms with Gasteiger partial charge in [0.1, 0.15) is 22.7 Å². The van der Waals surface area contributed by atoms with E-state index in [2.05, 4.69) is 31.2 Å². The third kappa shape index (κ3) is 5.67. The molecule has 35 heavy (non-hydrogen) atoms. The molecule has 180 valence electrons. The number of anilines is 4. The van der Waals surface area contributed by atoms with Crippen molar-refractivity contribution in [2.24, 2.45) is 0 Å². The molecule has 0 aliphatic carbocycles. The predicted octanol–water partition coefficient (Wildman–Crippen LogP) is 5.54. The Morgan fingerprint density at radius 2 is 1.74 bits per heavy atom. The van der Waals surface area contributed by atoms with Gasteiger partial charge in [0.05, 0.1) is 17.4 Å². The number of aromatic nitrogens is 2. The summed E-state index contributed by atoms with van der Waals surface area (Å²) in [6.07, 6.45) is 2.35. The first-order valence-electron chi connectivity index (χ1n) is 11.1.